The Bertz CT molecular complexity index is 913. The standard InChI is InChI=1S/C17H19FN4O4S/c18-13-5-7-14(8-6-13)27(25,26)22-10-2-3-12(11-22)16(23)20-21-17(24)15-4-1-9-19-15/h1,4-9,12,19H,2-3,10-11H2,(H,20,23)(H,21,24)/t12-/m1/s1. The van der Waals surface area contributed by atoms with Crippen LogP contribution in [-0.2, 0) is 14.8 Å². The van der Waals surface area contributed by atoms with Crippen LogP contribution in [0.1, 0.15) is 23.3 Å². The second kappa shape index (κ2) is 7.89. The van der Waals surface area contributed by atoms with Crippen LogP contribution in [0.2, 0.25) is 0 Å². The van der Waals surface area contributed by atoms with E-state index in [1.165, 1.54) is 16.4 Å². The third-order valence-electron chi connectivity index (χ3n) is 4.35. The molecule has 0 saturated carbocycles. The van der Waals surface area contributed by atoms with Crippen molar-refractivity contribution in [3.8, 4) is 0 Å². The van der Waals surface area contributed by atoms with Gasteiger partial charge in [0.25, 0.3) is 5.91 Å². The van der Waals surface area contributed by atoms with Crippen molar-refractivity contribution in [1.82, 2.24) is 20.1 Å². The van der Waals surface area contributed by atoms with Crippen LogP contribution in [0.3, 0.4) is 0 Å². The largest absolute Gasteiger partial charge is 0.357 e. The Morgan fingerprint density at radius 3 is 2.56 bits per heavy atom. The van der Waals surface area contributed by atoms with Gasteiger partial charge in [0.1, 0.15) is 11.5 Å². The highest BCUT2D eigenvalue weighted by molar-refractivity contribution is 7.89. The van der Waals surface area contributed by atoms with Crippen molar-refractivity contribution in [2.45, 2.75) is 17.7 Å². The molecular formula is C17H19FN4O4S. The van der Waals surface area contributed by atoms with Crippen LogP contribution in [0.15, 0.2) is 47.5 Å². The summed E-state index contributed by atoms with van der Waals surface area (Å²) in [5, 5.41) is 0. The van der Waals surface area contributed by atoms with E-state index in [4.69, 9.17) is 0 Å². The first kappa shape index (κ1) is 19.1. The highest BCUT2D eigenvalue weighted by Crippen LogP contribution is 2.24. The Labute approximate surface area is 155 Å². The molecule has 1 aromatic heterocycles. The molecule has 3 N–H and O–H groups in total. The summed E-state index contributed by atoms with van der Waals surface area (Å²) in [4.78, 5) is 26.8. The van der Waals surface area contributed by atoms with Gasteiger partial charge in [0.05, 0.1) is 10.8 Å². The minimum atomic E-state index is -3.82. The number of benzene rings is 1. The number of carbonyl (C=O) groups is 2. The van der Waals surface area contributed by atoms with Gasteiger partial charge in [0.2, 0.25) is 15.9 Å². The SMILES string of the molecule is O=C(NNC(=O)[C@@H]1CCCN(S(=O)(=O)c2ccc(F)cc2)C1)c1ccc[nH]1. The lowest BCUT2D eigenvalue weighted by Crippen LogP contribution is -2.50. The summed E-state index contributed by atoms with van der Waals surface area (Å²) >= 11 is 0. The normalized spacial score (nSPS) is 18.0. The summed E-state index contributed by atoms with van der Waals surface area (Å²) in [7, 11) is -3.82. The van der Waals surface area contributed by atoms with E-state index in [0.717, 1.165) is 12.1 Å². The monoisotopic (exact) mass is 394 g/mol. The number of halogens is 1. The molecule has 0 bridgehead atoms. The van der Waals surface area contributed by atoms with Crippen LogP contribution in [0, 0.1) is 11.7 Å². The number of carbonyl (C=O) groups excluding carboxylic acids is 2. The Balaban J connectivity index is 1.62. The minimum Gasteiger partial charge on any atom is -0.357 e. The number of aromatic nitrogens is 1. The summed E-state index contributed by atoms with van der Waals surface area (Å²) in [5.74, 6) is -2.09. The smallest absolute Gasteiger partial charge is 0.286 e. The fraction of sp³-hybridized carbons (Fsp3) is 0.294. The molecule has 27 heavy (non-hydrogen) atoms. The molecule has 0 radical (unpaired) electrons. The number of nitrogens with one attached hydrogen (secondary N) is 3. The Kier molecular flexibility index (Phi) is 5.57. The number of hydrogen-bond acceptors (Lipinski definition) is 4. The van der Waals surface area contributed by atoms with Gasteiger partial charge in [-0.25, -0.2) is 12.8 Å². The second-order valence-corrected chi connectivity index (χ2v) is 8.12. The third kappa shape index (κ3) is 4.34. The van der Waals surface area contributed by atoms with E-state index in [0.29, 0.717) is 18.5 Å². The van der Waals surface area contributed by atoms with E-state index >= 15 is 0 Å². The second-order valence-electron chi connectivity index (χ2n) is 6.18. The molecule has 10 heteroatoms. The summed E-state index contributed by atoms with van der Waals surface area (Å²) in [6.07, 6.45) is 2.58. The van der Waals surface area contributed by atoms with Crippen molar-refractivity contribution in [1.29, 1.82) is 0 Å². The van der Waals surface area contributed by atoms with E-state index in [-0.39, 0.29) is 18.0 Å². The van der Waals surface area contributed by atoms with Crippen LogP contribution >= 0.6 is 0 Å². The molecule has 2 heterocycles. The number of hydrazine groups is 1. The first-order valence-corrected chi connectivity index (χ1v) is 9.81. The average Bonchev–Trinajstić information content (AvgIpc) is 3.21. The first-order valence-electron chi connectivity index (χ1n) is 8.37. The van der Waals surface area contributed by atoms with Crippen molar-refractivity contribution < 1.29 is 22.4 Å². The van der Waals surface area contributed by atoms with Crippen LogP contribution in [0.4, 0.5) is 4.39 Å². The lowest BCUT2D eigenvalue weighted by molar-refractivity contribution is -0.126. The maximum absolute atomic E-state index is 13.0. The summed E-state index contributed by atoms with van der Waals surface area (Å²) in [6, 6.07) is 7.76. The molecule has 144 valence electrons. The molecule has 1 aromatic carbocycles. The highest BCUT2D eigenvalue weighted by atomic mass is 32.2. The highest BCUT2D eigenvalue weighted by Gasteiger charge is 2.33. The van der Waals surface area contributed by atoms with E-state index < -0.39 is 33.6 Å². The van der Waals surface area contributed by atoms with Gasteiger partial charge in [-0.2, -0.15) is 4.31 Å². The third-order valence-corrected chi connectivity index (χ3v) is 6.23. The van der Waals surface area contributed by atoms with Gasteiger partial charge in [0.15, 0.2) is 0 Å². The molecule has 2 amide bonds. The molecule has 8 nitrogen and oxygen atoms in total. The number of H-pyrrole nitrogens is 1. The first-order chi connectivity index (χ1) is 12.9. The maximum Gasteiger partial charge on any atom is 0.286 e. The van der Waals surface area contributed by atoms with Crippen molar-refractivity contribution >= 4 is 21.8 Å². The average molecular weight is 394 g/mol. The predicted octanol–water partition coefficient (Wildman–Crippen LogP) is 1.02. The molecule has 1 atom stereocenters. The summed E-state index contributed by atoms with van der Waals surface area (Å²) in [6.45, 7) is 0.266. The fourth-order valence-electron chi connectivity index (χ4n) is 2.89. The van der Waals surface area contributed by atoms with Crippen LogP contribution in [0.25, 0.3) is 0 Å². The molecule has 1 aliphatic rings. The maximum atomic E-state index is 13.0. The molecule has 3 rings (SSSR count). The number of amides is 2. The minimum absolute atomic E-state index is 0.0100. The van der Waals surface area contributed by atoms with E-state index in [9.17, 15) is 22.4 Å². The molecule has 0 spiro atoms. The fourth-order valence-corrected chi connectivity index (χ4v) is 4.41. The quantitative estimate of drug-likeness (QED) is 0.672. The van der Waals surface area contributed by atoms with Crippen molar-refractivity contribution in [2.75, 3.05) is 13.1 Å². The van der Waals surface area contributed by atoms with Gasteiger partial charge in [-0.1, -0.05) is 0 Å². The molecule has 1 fully saturated rings. The summed E-state index contributed by atoms with van der Waals surface area (Å²) in [5.41, 5.74) is 4.92. The zero-order valence-electron chi connectivity index (χ0n) is 14.3. The number of aromatic amines is 1. The predicted molar refractivity (Wildman–Crippen MR) is 94.3 cm³/mol. The Morgan fingerprint density at radius 1 is 1.15 bits per heavy atom. The molecule has 1 saturated heterocycles. The zero-order chi connectivity index (χ0) is 19.4. The van der Waals surface area contributed by atoms with E-state index in [1.54, 1.807) is 18.3 Å². The van der Waals surface area contributed by atoms with Crippen LogP contribution in [-0.4, -0.2) is 42.6 Å². The van der Waals surface area contributed by atoms with Gasteiger partial charge in [-0.3, -0.25) is 20.4 Å². The van der Waals surface area contributed by atoms with Crippen LogP contribution < -0.4 is 10.9 Å². The van der Waals surface area contributed by atoms with Gasteiger partial charge >= 0.3 is 0 Å². The Hall–Kier alpha value is -2.72. The number of rotatable bonds is 4. The summed E-state index contributed by atoms with van der Waals surface area (Å²) < 4.78 is 39.6. The Morgan fingerprint density at radius 2 is 1.89 bits per heavy atom. The lowest BCUT2D eigenvalue weighted by Gasteiger charge is -2.31. The molecule has 1 aliphatic heterocycles. The van der Waals surface area contributed by atoms with Gasteiger partial charge in [0, 0.05) is 19.3 Å². The molecule has 2 aromatic rings. The number of hydrogen-bond donors (Lipinski definition) is 3. The molecular weight excluding hydrogens is 375 g/mol. The van der Waals surface area contributed by atoms with Gasteiger partial charge < -0.3 is 4.98 Å². The van der Waals surface area contributed by atoms with Crippen molar-refractivity contribution in [3.63, 3.8) is 0 Å². The van der Waals surface area contributed by atoms with E-state index in [2.05, 4.69) is 15.8 Å². The van der Waals surface area contributed by atoms with Gasteiger partial charge in [-0.05, 0) is 49.2 Å². The van der Waals surface area contributed by atoms with Crippen molar-refractivity contribution in [2.24, 2.45) is 5.92 Å². The number of sulfonamides is 1. The molecule has 0 unspecified atom stereocenters. The van der Waals surface area contributed by atoms with Crippen molar-refractivity contribution in [3.05, 3.63) is 54.1 Å². The van der Waals surface area contributed by atoms with Gasteiger partial charge in [-0.15, -0.1) is 0 Å². The zero-order valence-corrected chi connectivity index (χ0v) is 15.1. The molecule has 0 aliphatic carbocycles. The number of nitrogens with zero attached hydrogens (tertiary/aromatic N) is 1. The topological polar surface area (TPSA) is 111 Å². The van der Waals surface area contributed by atoms with Crippen LogP contribution in [0.5, 0.6) is 0 Å². The lowest BCUT2D eigenvalue weighted by atomic mass is 9.99. The van der Waals surface area contributed by atoms with E-state index in [1.807, 2.05) is 0 Å². The number of piperidine rings is 1.